The molecule has 0 atom stereocenters. The second-order valence-corrected chi connectivity index (χ2v) is 8.23. The Hall–Kier alpha value is -3.42. The highest BCUT2D eigenvalue weighted by Gasteiger charge is 2.27. The minimum atomic E-state index is -0.370. The van der Waals surface area contributed by atoms with E-state index in [4.69, 9.17) is 0 Å². The lowest BCUT2D eigenvalue weighted by atomic mass is 9.95. The molecule has 2 saturated heterocycles. The van der Waals surface area contributed by atoms with Gasteiger partial charge in [0.15, 0.2) is 0 Å². The van der Waals surface area contributed by atoms with E-state index in [1.165, 1.54) is 24.3 Å². The predicted octanol–water partition coefficient (Wildman–Crippen LogP) is 1.93. The highest BCUT2D eigenvalue weighted by molar-refractivity contribution is 5.94. The zero-order valence-electron chi connectivity index (χ0n) is 17.9. The fraction of sp³-hybridized carbons (Fsp3) is 0.375. The van der Waals surface area contributed by atoms with Gasteiger partial charge in [0.25, 0.3) is 5.91 Å². The maximum Gasteiger partial charge on any atom is 0.253 e. The van der Waals surface area contributed by atoms with Crippen LogP contribution in [0.2, 0.25) is 0 Å². The SMILES string of the molecule is O=C1CN(c2ccc(CNC(=O)C3CCN(C(=O)c4ccc(F)cc4)CC3)cc2)CCN1. The molecule has 7 nitrogen and oxygen atoms in total. The minimum absolute atomic E-state index is 0.00402. The van der Waals surface area contributed by atoms with E-state index in [1.807, 2.05) is 29.2 Å². The van der Waals surface area contributed by atoms with Crippen LogP contribution in [-0.4, -0.2) is 55.3 Å². The van der Waals surface area contributed by atoms with E-state index in [9.17, 15) is 18.8 Å². The lowest BCUT2D eigenvalue weighted by Gasteiger charge is -2.31. The van der Waals surface area contributed by atoms with Crippen LogP contribution < -0.4 is 15.5 Å². The smallest absolute Gasteiger partial charge is 0.253 e. The van der Waals surface area contributed by atoms with Crippen molar-refractivity contribution in [2.75, 3.05) is 37.6 Å². The lowest BCUT2D eigenvalue weighted by molar-refractivity contribution is -0.126. The number of benzene rings is 2. The molecular formula is C24H27FN4O3. The summed E-state index contributed by atoms with van der Waals surface area (Å²) in [6, 6.07) is 13.4. The van der Waals surface area contributed by atoms with Crippen LogP contribution in [0.1, 0.15) is 28.8 Å². The highest BCUT2D eigenvalue weighted by Crippen LogP contribution is 2.20. The highest BCUT2D eigenvalue weighted by atomic mass is 19.1. The van der Waals surface area contributed by atoms with Crippen LogP contribution in [0.15, 0.2) is 48.5 Å². The zero-order valence-corrected chi connectivity index (χ0v) is 17.9. The Morgan fingerprint density at radius 2 is 1.69 bits per heavy atom. The average molecular weight is 439 g/mol. The zero-order chi connectivity index (χ0) is 22.5. The molecule has 2 N–H and O–H groups in total. The van der Waals surface area contributed by atoms with Gasteiger partial charge in [-0.2, -0.15) is 0 Å². The number of amides is 3. The summed E-state index contributed by atoms with van der Waals surface area (Å²) in [5.74, 6) is -0.604. The van der Waals surface area contributed by atoms with Crippen LogP contribution in [0.5, 0.6) is 0 Å². The van der Waals surface area contributed by atoms with Crippen LogP contribution in [-0.2, 0) is 16.1 Å². The number of halogens is 1. The summed E-state index contributed by atoms with van der Waals surface area (Å²) >= 11 is 0. The molecule has 0 spiro atoms. The summed E-state index contributed by atoms with van der Waals surface area (Å²) in [7, 11) is 0. The van der Waals surface area contributed by atoms with Gasteiger partial charge in [0.05, 0.1) is 6.54 Å². The molecule has 2 heterocycles. The van der Waals surface area contributed by atoms with Crippen molar-refractivity contribution in [3.63, 3.8) is 0 Å². The molecule has 2 aromatic rings. The molecule has 0 radical (unpaired) electrons. The number of hydrogen-bond donors (Lipinski definition) is 2. The number of piperazine rings is 1. The molecule has 0 saturated carbocycles. The summed E-state index contributed by atoms with van der Waals surface area (Å²) in [6.45, 7) is 3.24. The van der Waals surface area contributed by atoms with Gasteiger partial charge in [-0.25, -0.2) is 4.39 Å². The van der Waals surface area contributed by atoms with Gasteiger partial charge in [-0.1, -0.05) is 12.1 Å². The number of carbonyl (C=O) groups excluding carboxylic acids is 3. The number of likely N-dealkylation sites (tertiary alicyclic amines) is 1. The Morgan fingerprint density at radius 3 is 2.34 bits per heavy atom. The van der Waals surface area contributed by atoms with E-state index in [2.05, 4.69) is 10.6 Å². The summed E-state index contributed by atoms with van der Waals surface area (Å²) < 4.78 is 13.1. The van der Waals surface area contributed by atoms with Crippen LogP contribution in [0.3, 0.4) is 0 Å². The molecule has 2 aromatic carbocycles. The van der Waals surface area contributed by atoms with Gasteiger partial charge in [-0.05, 0) is 54.8 Å². The largest absolute Gasteiger partial charge is 0.360 e. The van der Waals surface area contributed by atoms with Crippen molar-refractivity contribution < 1.29 is 18.8 Å². The topological polar surface area (TPSA) is 81.8 Å². The Bertz CT molecular complexity index is 970. The molecule has 32 heavy (non-hydrogen) atoms. The first kappa shape index (κ1) is 21.8. The molecule has 8 heteroatoms. The van der Waals surface area contributed by atoms with Crippen LogP contribution in [0.4, 0.5) is 10.1 Å². The van der Waals surface area contributed by atoms with Crippen molar-refractivity contribution >= 4 is 23.4 Å². The van der Waals surface area contributed by atoms with Gasteiger partial charge < -0.3 is 20.4 Å². The Kier molecular flexibility index (Phi) is 6.68. The first-order valence-electron chi connectivity index (χ1n) is 10.9. The maximum atomic E-state index is 13.1. The maximum absolute atomic E-state index is 13.1. The molecule has 3 amide bonds. The van der Waals surface area contributed by atoms with E-state index in [-0.39, 0.29) is 29.5 Å². The molecule has 0 bridgehead atoms. The van der Waals surface area contributed by atoms with Crippen LogP contribution in [0.25, 0.3) is 0 Å². The monoisotopic (exact) mass is 438 g/mol. The number of carbonyl (C=O) groups is 3. The van der Waals surface area contributed by atoms with Gasteiger partial charge >= 0.3 is 0 Å². The third-order valence-electron chi connectivity index (χ3n) is 6.05. The quantitative estimate of drug-likeness (QED) is 0.748. The van der Waals surface area contributed by atoms with Crippen molar-refractivity contribution in [1.82, 2.24) is 15.5 Å². The molecule has 0 unspecified atom stereocenters. The number of hydrogen-bond acceptors (Lipinski definition) is 4. The summed E-state index contributed by atoms with van der Waals surface area (Å²) in [6.07, 6.45) is 1.21. The van der Waals surface area contributed by atoms with Gasteiger partial charge in [0.2, 0.25) is 11.8 Å². The predicted molar refractivity (Wildman–Crippen MR) is 119 cm³/mol. The molecule has 168 valence electrons. The number of rotatable bonds is 5. The van der Waals surface area contributed by atoms with Crippen molar-refractivity contribution in [1.29, 1.82) is 0 Å². The van der Waals surface area contributed by atoms with Crippen molar-refractivity contribution in [2.45, 2.75) is 19.4 Å². The molecule has 2 aliphatic heterocycles. The van der Waals surface area contributed by atoms with E-state index < -0.39 is 0 Å². The number of piperidine rings is 1. The van der Waals surface area contributed by atoms with Crippen molar-refractivity contribution in [3.8, 4) is 0 Å². The normalized spacial score (nSPS) is 17.1. The molecule has 2 fully saturated rings. The van der Waals surface area contributed by atoms with Gasteiger partial charge in [0, 0.05) is 49.9 Å². The Morgan fingerprint density at radius 1 is 1.00 bits per heavy atom. The van der Waals surface area contributed by atoms with Crippen molar-refractivity contribution in [3.05, 3.63) is 65.5 Å². The molecule has 0 aliphatic carbocycles. The van der Waals surface area contributed by atoms with Gasteiger partial charge in [-0.3, -0.25) is 14.4 Å². The van der Waals surface area contributed by atoms with E-state index >= 15 is 0 Å². The third kappa shape index (κ3) is 5.25. The lowest BCUT2D eigenvalue weighted by Crippen LogP contribution is -2.47. The average Bonchev–Trinajstić information content (AvgIpc) is 2.83. The van der Waals surface area contributed by atoms with E-state index in [0.717, 1.165) is 17.8 Å². The minimum Gasteiger partial charge on any atom is -0.360 e. The fourth-order valence-corrected chi connectivity index (χ4v) is 4.14. The number of nitrogens with zero attached hydrogens (tertiary/aromatic N) is 2. The van der Waals surface area contributed by atoms with Gasteiger partial charge in [0.1, 0.15) is 5.82 Å². The van der Waals surface area contributed by atoms with Crippen LogP contribution >= 0.6 is 0 Å². The first-order chi connectivity index (χ1) is 15.5. The third-order valence-corrected chi connectivity index (χ3v) is 6.05. The second-order valence-electron chi connectivity index (χ2n) is 8.23. The Labute approximate surface area is 186 Å². The molecule has 4 rings (SSSR count). The fourth-order valence-electron chi connectivity index (χ4n) is 4.14. The molecule has 2 aliphatic rings. The molecular weight excluding hydrogens is 411 g/mol. The van der Waals surface area contributed by atoms with Gasteiger partial charge in [-0.15, -0.1) is 0 Å². The number of nitrogens with one attached hydrogen (secondary N) is 2. The Balaban J connectivity index is 1.23. The summed E-state index contributed by atoms with van der Waals surface area (Å²) in [5.41, 5.74) is 2.45. The molecule has 0 aromatic heterocycles. The van der Waals surface area contributed by atoms with E-state index in [1.54, 1.807) is 4.90 Å². The second kappa shape index (κ2) is 9.80. The van der Waals surface area contributed by atoms with Crippen molar-refractivity contribution in [2.24, 2.45) is 5.92 Å². The number of anilines is 1. The summed E-state index contributed by atoms with van der Waals surface area (Å²) in [5, 5.41) is 5.81. The van der Waals surface area contributed by atoms with E-state index in [0.29, 0.717) is 51.1 Å². The van der Waals surface area contributed by atoms with Crippen LogP contribution in [0, 0.1) is 11.7 Å². The standard InChI is InChI=1S/C24H27FN4O3/c25-20-5-3-19(4-6-20)24(32)28-12-9-18(10-13-28)23(31)27-15-17-1-7-21(8-2-17)29-14-11-26-22(30)16-29/h1-8,18H,9-16H2,(H,26,30)(H,27,31). The first-order valence-corrected chi connectivity index (χ1v) is 10.9. The summed E-state index contributed by atoms with van der Waals surface area (Å²) in [4.78, 5) is 40.4.